The van der Waals surface area contributed by atoms with Crippen LogP contribution in [0, 0.1) is 0 Å². The van der Waals surface area contributed by atoms with E-state index in [1.807, 2.05) is 48.5 Å². The SMILES string of the molecule is COC(=O)[C@@H]1C(C(=O)O)N(Cc2ccccc2)C(=O)N1Cc1ccccc1. The number of ether oxygens (including phenoxy) is 1. The minimum absolute atomic E-state index is 0.0927. The van der Waals surface area contributed by atoms with E-state index in [9.17, 15) is 19.5 Å². The molecule has 0 radical (unpaired) electrons. The summed E-state index contributed by atoms with van der Waals surface area (Å²) in [6.07, 6.45) is 0. The molecule has 1 saturated heterocycles. The molecule has 2 aromatic carbocycles. The molecule has 1 aliphatic rings. The van der Waals surface area contributed by atoms with Crippen molar-refractivity contribution in [1.29, 1.82) is 0 Å². The molecule has 0 aromatic heterocycles. The molecule has 7 nitrogen and oxygen atoms in total. The molecule has 1 N–H and O–H groups in total. The van der Waals surface area contributed by atoms with E-state index in [-0.39, 0.29) is 13.1 Å². The van der Waals surface area contributed by atoms with E-state index in [4.69, 9.17) is 4.74 Å². The first-order valence-electron chi connectivity index (χ1n) is 8.48. The number of carbonyl (C=O) groups is 3. The molecule has 3 rings (SSSR count). The highest BCUT2D eigenvalue weighted by molar-refractivity contribution is 5.96. The second-order valence-electron chi connectivity index (χ2n) is 6.26. The lowest BCUT2D eigenvalue weighted by molar-refractivity contribution is -0.153. The number of rotatable bonds is 6. The van der Waals surface area contributed by atoms with E-state index >= 15 is 0 Å². The third-order valence-electron chi connectivity index (χ3n) is 4.55. The molecule has 2 atom stereocenters. The number of carboxylic acid groups (broad SMARTS) is 1. The number of esters is 1. The highest BCUT2D eigenvalue weighted by atomic mass is 16.5. The van der Waals surface area contributed by atoms with Crippen LogP contribution >= 0.6 is 0 Å². The van der Waals surface area contributed by atoms with Crippen molar-refractivity contribution < 1.29 is 24.2 Å². The van der Waals surface area contributed by atoms with Gasteiger partial charge in [0.15, 0.2) is 12.1 Å². The zero-order valence-corrected chi connectivity index (χ0v) is 14.8. The van der Waals surface area contributed by atoms with Gasteiger partial charge in [-0.25, -0.2) is 14.4 Å². The van der Waals surface area contributed by atoms with Crippen LogP contribution in [0.25, 0.3) is 0 Å². The smallest absolute Gasteiger partial charge is 0.331 e. The van der Waals surface area contributed by atoms with Gasteiger partial charge in [-0.05, 0) is 11.1 Å². The molecule has 0 bridgehead atoms. The summed E-state index contributed by atoms with van der Waals surface area (Å²) in [5.41, 5.74) is 1.58. The minimum atomic E-state index is -1.33. The molecule has 1 unspecified atom stereocenters. The van der Waals surface area contributed by atoms with Crippen LogP contribution in [-0.2, 0) is 27.4 Å². The van der Waals surface area contributed by atoms with Gasteiger partial charge in [0.1, 0.15) is 0 Å². The second-order valence-corrected chi connectivity index (χ2v) is 6.26. The third-order valence-corrected chi connectivity index (χ3v) is 4.55. The summed E-state index contributed by atoms with van der Waals surface area (Å²) in [5, 5.41) is 9.75. The van der Waals surface area contributed by atoms with Crippen molar-refractivity contribution in [3.05, 3.63) is 71.8 Å². The molecule has 1 aliphatic heterocycles. The Balaban J connectivity index is 1.96. The Morgan fingerprint density at radius 1 is 0.889 bits per heavy atom. The van der Waals surface area contributed by atoms with E-state index in [0.717, 1.165) is 11.1 Å². The summed E-state index contributed by atoms with van der Waals surface area (Å²) in [6.45, 7) is 0.212. The topological polar surface area (TPSA) is 87.1 Å². The average Bonchev–Trinajstić information content (AvgIpc) is 2.95. The summed E-state index contributed by atoms with van der Waals surface area (Å²) >= 11 is 0. The molecule has 140 valence electrons. The Hall–Kier alpha value is -3.35. The Kier molecular flexibility index (Phi) is 5.40. The summed E-state index contributed by atoms with van der Waals surface area (Å²) in [4.78, 5) is 39.8. The van der Waals surface area contributed by atoms with Crippen molar-refractivity contribution >= 4 is 18.0 Å². The average molecular weight is 368 g/mol. The van der Waals surface area contributed by atoms with Crippen LogP contribution in [0.3, 0.4) is 0 Å². The predicted octanol–water partition coefficient (Wildman–Crippen LogP) is 2.12. The molecular weight excluding hydrogens is 348 g/mol. The maximum absolute atomic E-state index is 13.0. The first-order chi connectivity index (χ1) is 13.0. The molecular formula is C20H20N2O5. The van der Waals surface area contributed by atoms with Gasteiger partial charge in [-0.15, -0.1) is 0 Å². The van der Waals surface area contributed by atoms with E-state index in [2.05, 4.69) is 0 Å². The molecule has 0 aliphatic carbocycles. The fraction of sp³-hybridized carbons (Fsp3) is 0.250. The highest BCUT2D eigenvalue weighted by Crippen LogP contribution is 2.28. The molecule has 2 amide bonds. The number of carbonyl (C=O) groups excluding carboxylic acids is 2. The summed E-state index contributed by atoms with van der Waals surface area (Å²) in [5.74, 6) is -1.99. The van der Waals surface area contributed by atoms with E-state index in [1.54, 1.807) is 12.1 Å². The predicted molar refractivity (Wildman–Crippen MR) is 96.6 cm³/mol. The van der Waals surface area contributed by atoms with Crippen LogP contribution in [0.1, 0.15) is 11.1 Å². The van der Waals surface area contributed by atoms with Gasteiger partial charge in [0, 0.05) is 13.1 Å². The summed E-state index contributed by atoms with van der Waals surface area (Å²) in [6, 6.07) is 15.1. The lowest BCUT2D eigenvalue weighted by atomic mass is 10.1. The van der Waals surface area contributed by atoms with Crippen LogP contribution in [0.2, 0.25) is 0 Å². The van der Waals surface area contributed by atoms with Gasteiger partial charge in [0.25, 0.3) is 0 Å². The first kappa shape index (κ1) is 18.4. The fourth-order valence-corrected chi connectivity index (χ4v) is 3.28. The van der Waals surface area contributed by atoms with Crippen molar-refractivity contribution in [1.82, 2.24) is 9.80 Å². The number of methoxy groups -OCH3 is 1. The van der Waals surface area contributed by atoms with Gasteiger partial charge in [0.2, 0.25) is 0 Å². The molecule has 1 fully saturated rings. The third kappa shape index (κ3) is 3.76. The van der Waals surface area contributed by atoms with Crippen molar-refractivity contribution in [3.8, 4) is 0 Å². The first-order valence-corrected chi connectivity index (χ1v) is 8.48. The van der Waals surface area contributed by atoms with Crippen LogP contribution in [0.15, 0.2) is 60.7 Å². The van der Waals surface area contributed by atoms with Gasteiger partial charge >= 0.3 is 18.0 Å². The quantitative estimate of drug-likeness (QED) is 0.789. The zero-order chi connectivity index (χ0) is 19.4. The Morgan fingerprint density at radius 2 is 1.33 bits per heavy atom. The minimum Gasteiger partial charge on any atom is -0.480 e. The summed E-state index contributed by atoms with van der Waals surface area (Å²) < 4.78 is 4.81. The number of benzene rings is 2. The number of hydrogen-bond donors (Lipinski definition) is 1. The van der Waals surface area contributed by atoms with Crippen LogP contribution in [-0.4, -0.2) is 52.1 Å². The maximum Gasteiger partial charge on any atom is 0.331 e. The van der Waals surface area contributed by atoms with Crippen molar-refractivity contribution in [3.63, 3.8) is 0 Å². The van der Waals surface area contributed by atoms with E-state index < -0.39 is 30.1 Å². The highest BCUT2D eigenvalue weighted by Gasteiger charge is 2.53. The summed E-state index contributed by atoms with van der Waals surface area (Å²) in [7, 11) is 1.19. The lowest BCUT2D eigenvalue weighted by Gasteiger charge is -2.23. The number of carboxylic acids is 1. The number of urea groups is 1. The monoisotopic (exact) mass is 368 g/mol. The largest absolute Gasteiger partial charge is 0.480 e. The zero-order valence-electron chi connectivity index (χ0n) is 14.8. The van der Waals surface area contributed by atoms with Crippen LogP contribution in [0.4, 0.5) is 4.79 Å². The Labute approximate surface area is 156 Å². The second kappa shape index (κ2) is 7.90. The van der Waals surface area contributed by atoms with Crippen LogP contribution < -0.4 is 0 Å². The molecule has 0 spiro atoms. The standard InChI is InChI=1S/C20H20N2O5/c1-27-19(25)17-16(18(23)24)21(12-14-8-4-2-5-9-14)20(26)22(17)13-15-10-6-3-7-11-15/h2-11,16-17H,12-13H2,1H3,(H,23,24)/t16?,17-/m0/s1. The van der Waals surface area contributed by atoms with Gasteiger partial charge in [-0.1, -0.05) is 60.7 Å². The molecule has 27 heavy (non-hydrogen) atoms. The Morgan fingerprint density at radius 3 is 1.74 bits per heavy atom. The number of nitrogens with zero attached hydrogens (tertiary/aromatic N) is 2. The Bertz CT molecular complexity index is 825. The van der Waals surface area contributed by atoms with E-state index in [0.29, 0.717) is 0 Å². The number of aliphatic carboxylic acids is 1. The van der Waals surface area contributed by atoms with E-state index in [1.165, 1.54) is 16.9 Å². The maximum atomic E-state index is 13.0. The van der Waals surface area contributed by atoms with Crippen molar-refractivity contribution in [2.45, 2.75) is 25.2 Å². The van der Waals surface area contributed by atoms with Gasteiger partial charge in [0.05, 0.1) is 7.11 Å². The number of amides is 2. The molecule has 7 heteroatoms. The number of hydrogen-bond acceptors (Lipinski definition) is 4. The van der Waals surface area contributed by atoms with Crippen LogP contribution in [0.5, 0.6) is 0 Å². The van der Waals surface area contributed by atoms with Gasteiger partial charge in [-0.3, -0.25) is 0 Å². The molecule has 1 heterocycles. The normalized spacial score (nSPS) is 19.2. The molecule has 0 saturated carbocycles. The van der Waals surface area contributed by atoms with Gasteiger partial charge in [-0.2, -0.15) is 0 Å². The lowest BCUT2D eigenvalue weighted by Crippen LogP contribution is -2.48. The van der Waals surface area contributed by atoms with Crippen molar-refractivity contribution in [2.24, 2.45) is 0 Å². The van der Waals surface area contributed by atoms with Gasteiger partial charge < -0.3 is 19.6 Å². The fourth-order valence-electron chi connectivity index (χ4n) is 3.28. The van der Waals surface area contributed by atoms with Crippen molar-refractivity contribution in [2.75, 3.05) is 7.11 Å². The molecule has 2 aromatic rings.